The monoisotopic (exact) mass is 234 g/mol. The average Bonchev–Trinajstić information content (AvgIpc) is 2.28. The Kier molecular flexibility index (Phi) is 6.23. The fraction of sp³-hybridized carbons (Fsp3) is 0.600. The lowest BCUT2D eigenvalue weighted by Crippen LogP contribution is -2.42. The molecule has 0 fully saturated rings. The Morgan fingerprint density at radius 1 is 1.18 bits per heavy atom. The molecule has 0 aliphatic heterocycles. The van der Waals surface area contributed by atoms with E-state index in [0.29, 0.717) is 12.1 Å². The molecule has 0 radical (unpaired) electrons. The molecule has 1 aromatic carbocycles. The van der Waals surface area contributed by atoms with Crippen LogP contribution in [-0.4, -0.2) is 37.6 Å². The Bertz CT molecular complexity index is 295. The maximum Gasteiger partial charge on any atom is 0.0169 e. The summed E-state index contributed by atoms with van der Waals surface area (Å²) in [4.78, 5) is 2.23. The molecule has 0 saturated carbocycles. The molecule has 2 nitrogen and oxygen atoms in total. The highest BCUT2D eigenvalue weighted by Gasteiger charge is 2.11. The van der Waals surface area contributed by atoms with Crippen LogP contribution in [0, 0.1) is 0 Å². The van der Waals surface area contributed by atoms with Gasteiger partial charge in [-0.05, 0) is 39.4 Å². The molecule has 0 aliphatic carbocycles. The third-order valence-electron chi connectivity index (χ3n) is 2.98. The molecule has 2 unspecified atom stereocenters. The molecular formula is C15H26N2. The van der Waals surface area contributed by atoms with Crippen LogP contribution in [0.25, 0.3) is 0 Å². The molecule has 0 heterocycles. The topological polar surface area (TPSA) is 15.3 Å². The van der Waals surface area contributed by atoms with Crippen molar-refractivity contribution in [1.29, 1.82) is 0 Å². The van der Waals surface area contributed by atoms with E-state index in [4.69, 9.17) is 0 Å². The van der Waals surface area contributed by atoms with Gasteiger partial charge in [-0.15, -0.1) is 0 Å². The van der Waals surface area contributed by atoms with Crippen molar-refractivity contribution in [2.75, 3.05) is 20.6 Å². The van der Waals surface area contributed by atoms with Gasteiger partial charge < -0.3 is 10.2 Å². The summed E-state index contributed by atoms with van der Waals surface area (Å²) in [7, 11) is 4.24. The van der Waals surface area contributed by atoms with Crippen LogP contribution in [0.3, 0.4) is 0 Å². The first-order chi connectivity index (χ1) is 8.11. The molecule has 0 bridgehead atoms. The fourth-order valence-electron chi connectivity index (χ4n) is 2.22. The zero-order chi connectivity index (χ0) is 12.7. The summed E-state index contributed by atoms with van der Waals surface area (Å²) in [5.74, 6) is 0. The van der Waals surface area contributed by atoms with Crippen LogP contribution in [0.4, 0.5) is 0 Å². The van der Waals surface area contributed by atoms with Crippen molar-refractivity contribution >= 4 is 0 Å². The van der Waals surface area contributed by atoms with Crippen molar-refractivity contribution in [2.45, 2.75) is 38.8 Å². The fourth-order valence-corrected chi connectivity index (χ4v) is 2.22. The van der Waals surface area contributed by atoms with Crippen LogP contribution in [0.2, 0.25) is 0 Å². The summed E-state index contributed by atoms with van der Waals surface area (Å²) in [5.41, 5.74) is 1.42. The molecular weight excluding hydrogens is 208 g/mol. The number of nitrogens with zero attached hydrogens (tertiary/aromatic N) is 1. The SMILES string of the molecule is CCC(Cc1ccccc1)NC(C)CN(C)C. The van der Waals surface area contributed by atoms with E-state index < -0.39 is 0 Å². The minimum Gasteiger partial charge on any atom is -0.310 e. The van der Waals surface area contributed by atoms with E-state index in [2.05, 4.69) is 68.5 Å². The Morgan fingerprint density at radius 3 is 2.35 bits per heavy atom. The molecule has 2 heteroatoms. The molecule has 1 N–H and O–H groups in total. The van der Waals surface area contributed by atoms with Crippen molar-refractivity contribution in [2.24, 2.45) is 0 Å². The first kappa shape index (κ1) is 14.2. The van der Waals surface area contributed by atoms with E-state index in [1.807, 2.05) is 0 Å². The number of hydrogen-bond acceptors (Lipinski definition) is 2. The van der Waals surface area contributed by atoms with E-state index in [1.165, 1.54) is 12.0 Å². The molecule has 1 rings (SSSR count). The van der Waals surface area contributed by atoms with E-state index in [-0.39, 0.29) is 0 Å². The van der Waals surface area contributed by atoms with Gasteiger partial charge in [0, 0.05) is 18.6 Å². The number of benzene rings is 1. The first-order valence-electron chi connectivity index (χ1n) is 6.56. The second-order valence-corrected chi connectivity index (χ2v) is 5.12. The largest absolute Gasteiger partial charge is 0.310 e. The summed E-state index contributed by atoms with van der Waals surface area (Å²) >= 11 is 0. The second-order valence-electron chi connectivity index (χ2n) is 5.12. The van der Waals surface area contributed by atoms with E-state index in [1.54, 1.807) is 0 Å². The van der Waals surface area contributed by atoms with Gasteiger partial charge in [0.25, 0.3) is 0 Å². The van der Waals surface area contributed by atoms with Gasteiger partial charge in [0.05, 0.1) is 0 Å². The molecule has 0 spiro atoms. The van der Waals surface area contributed by atoms with Gasteiger partial charge in [0.1, 0.15) is 0 Å². The summed E-state index contributed by atoms with van der Waals surface area (Å²) in [6.45, 7) is 5.60. The average molecular weight is 234 g/mol. The molecule has 1 aromatic rings. The van der Waals surface area contributed by atoms with Crippen molar-refractivity contribution in [3.63, 3.8) is 0 Å². The Hall–Kier alpha value is -0.860. The predicted molar refractivity (Wildman–Crippen MR) is 75.4 cm³/mol. The lowest BCUT2D eigenvalue weighted by molar-refractivity contribution is 0.323. The van der Waals surface area contributed by atoms with Gasteiger partial charge in [-0.2, -0.15) is 0 Å². The smallest absolute Gasteiger partial charge is 0.0169 e. The van der Waals surface area contributed by atoms with E-state index in [9.17, 15) is 0 Å². The first-order valence-corrected chi connectivity index (χ1v) is 6.56. The molecule has 17 heavy (non-hydrogen) atoms. The lowest BCUT2D eigenvalue weighted by atomic mass is 10.0. The molecule has 0 aliphatic rings. The van der Waals surface area contributed by atoms with Crippen LogP contribution in [0.5, 0.6) is 0 Å². The zero-order valence-electron chi connectivity index (χ0n) is 11.6. The third-order valence-corrected chi connectivity index (χ3v) is 2.98. The normalized spacial score (nSPS) is 14.9. The van der Waals surface area contributed by atoms with E-state index >= 15 is 0 Å². The van der Waals surface area contributed by atoms with E-state index in [0.717, 1.165) is 13.0 Å². The molecule has 2 atom stereocenters. The zero-order valence-corrected chi connectivity index (χ0v) is 11.6. The van der Waals surface area contributed by atoms with Crippen LogP contribution < -0.4 is 5.32 Å². The highest BCUT2D eigenvalue weighted by atomic mass is 15.1. The Morgan fingerprint density at radius 2 is 1.82 bits per heavy atom. The predicted octanol–water partition coefficient (Wildman–Crippen LogP) is 2.55. The maximum absolute atomic E-state index is 3.70. The molecule has 0 aromatic heterocycles. The number of likely N-dealkylation sites (N-methyl/N-ethyl adjacent to an activating group) is 1. The van der Waals surface area contributed by atoms with Crippen LogP contribution in [0.15, 0.2) is 30.3 Å². The standard InChI is InChI=1S/C15H26N2/c1-5-15(16-13(2)12-17(3)4)11-14-9-7-6-8-10-14/h6-10,13,15-16H,5,11-12H2,1-4H3. The molecule has 96 valence electrons. The summed E-state index contributed by atoms with van der Waals surface area (Å²) in [5, 5.41) is 3.70. The van der Waals surface area contributed by atoms with Crippen LogP contribution in [0.1, 0.15) is 25.8 Å². The van der Waals surface area contributed by atoms with Gasteiger partial charge in [0.15, 0.2) is 0 Å². The summed E-state index contributed by atoms with van der Waals surface area (Å²) in [6, 6.07) is 11.8. The highest BCUT2D eigenvalue weighted by Crippen LogP contribution is 2.06. The third kappa shape index (κ3) is 5.85. The summed E-state index contributed by atoms with van der Waals surface area (Å²) < 4.78 is 0. The van der Waals surface area contributed by atoms with Crippen molar-refractivity contribution in [1.82, 2.24) is 10.2 Å². The van der Waals surface area contributed by atoms with Crippen molar-refractivity contribution in [3.05, 3.63) is 35.9 Å². The quantitative estimate of drug-likeness (QED) is 0.780. The molecule has 0 saturated heterocycles. The number of rotatable bonds is 7. The Balaban J connectivity index is 2.43. The minimum absolute atomic E-state index is 0.540. The van der Waals surface area contributed by atoms with Crippen LogP contribution in [-0.2, 0) is 6.42 Å². The lowest BCUT2D eigenvalue weighted by Gasteiger charge is -2.24. The highest BCUT2D eigenvalue weighted by molar-refractivity contribution is 5.15. The molecule has 0 amide bonds. The Labute approximate surface area is 106 Å². The van der Waals surface area contributed by atoms with Gasteiger partial charge in [-0.1, -0.05) is 37.3 Å². The van der Waals surface area contributed by atoms with Crippen molar-refractivity contribution in [3.8, 4) is 0 Å². The maximum atomic E-state index is 3.70. The van der Waals surface area contributed by atoms with Crippen molar-refractivity contribution < 1.29 is 0 Å². The van der Waals surface area contributed by atoms with Gasteiger partial charge >= 0.3 is 0 Å². The number of hydrogen-bond donors (Lipinski definition) is 1. The van der Waals surface area contributed by atoms with Gasteiger partial charge in [0.2, 0.25) is 0 Å². The minimum atomic E-state index is 0.540. The second kappa shape index (κ2) is 7.46. The van der Waals surface area contributed by atoms with Gasteiger partial charge in [-0.25, -0.2) is 0 Å². The number of nitrogens with one attached hydrogen (secondary N) is 1. The van der Waals surface area contributed by atoms with Crippen LogP contribution >= 0.6 is 0 Å². The van der Waals surface area contributed by atoms with Gasteiger partial charge in [-0.3, -0.25) is 0 Å². The summed E-state index contributed by atoms with van der Waals surface area (Å²) in [6.07, 6.45) is 2.29.